The van der Waals surface area contributed by atoms with Crippen molar-refractivity contribution in [1.29, 1.82) is 0 Å². The Hall–Kier alpha value is -0.480. The summed E-state index contributed by atoms with van der Waals surface area (Å²) in [4.78, 5) is 0. The maximum absolute atomic E-state index is 5.53. The molecule has 1 aromatic rings. The number of nitrogens with two attached hydrogens (primary N) is 1. The number of hydrogen-bond donors (Lipinski definition) is 1. The lowest BCUT2D eigenvalue weighted by Crippen LogP contribution is -2.12. The molecule has 0 saturated heterocycles. The fraction of sp³-hybridized carbons (Fsp3) is 0.667. The largest absolute Gasteiger partial charge is 0.361 e. The molecule has 0 aromatic carbocycles. The Labute approximate surface area is 83.0 Å². The van der Waals surface area contributed by atoms with E-state index in [0.717, 1.165) is 17.2 Å². The van der Waals surface area contributed by atoms with Gasteiger partial charge < -0.3 is 10.3 Å². The van der Waals surface area contributed by atoms with Crippen LogP contribution in [0, 0.1) is 13.8 Å². The molecule has 1 unspecified atom stereocenters. The van der Waals surface area contributed by atoms with Gasteiger partial charge in [-0.05, 0) is 13.8 Å². The lowest BCUT2D eigenvalue weighted by molar-refractivity contribution is 0.392. The van der Waals surface area contributed by atoms with Gasteiger partial charge in [-0.2, -0.15) is 11.8 Å². The Morgan fingerprint density at radius 2 is 2.23 bits per heavy atom. The topological polar surface area (TPSA) is 52.0 Å². The molecule has 1 rings (SSSR count). The van der Waals surface area contributed by atoms with E-state index < -0.39 is 0 Å². The van der Waals surface area contributed by atoms with E-state index in [9.17, 15) is 0 Å². The molecule has 74 valence electrons. The zero-order valence-electron chi connectivity index (χ0n) is 8.33. The summed E-state index contributed by atoms with van der Waals surface area (Å²) in [5.74, 6) is 1.87. The third kappa shape index (κ3) is 2.74. The average Bonchev–Trinajstić information content (AvgIpc) is 2.43. The van der Waals surface area contributed by atoms with Gasteiger partial charge in [-0.25, -0.2) is 0 Å². The predicted molar refractivity (Wildman–Crippen MR) is 55.8 cm³/mol. The first-order chi connectivity index (χ1) is 6.15. The molecule has 3 nitrogen and oxygen atoms in total. The van der Waals surface area contributed by atoms with Crippen LogP contribution < -0.4 is 5.73 Å². The van der Waals surface area contributed by atoms with Gasteiger partial charge in [0.2, 0.25) is 0 Å². The summed E-state index contributed by atoms with van der Waals surface area (Å²) in [7, 11) is 0. The van der Waals surface area contributed by atoms with E-state index in [2.05, 4.69) is 12.1 Å². The molecule has 1 heterocycles. The number of nitrogens with zero attached hydrogens (tertiary/aromatic N) is 1. The molecule has 0 aliphatic rings. The number of rotatable bonds is 4. The van der Waals surface area contributed by atoms with Crippen molar-refractivity contribution in [2.75, 3.05) is 6.54 Å². The standard InChI is InChI=1S/C9H16N2OS/c1-6(4-10)13-5-9-7(2)11-12-8(9)3/h6H,4-5,10H2,1-3H3. The molecule has 0 spiro atoms. The maximum Gasteiger partial charge on any atom is 0.137 e. The molecular formula is C9H16N2OS. The van der Waals surface area contributed by atoms with Crippen molar-refractivity contribution in [3.05, 3.63) is 17.0 Å². The van der Waals surface area contributed by atoms with E-state index in [1.54, 1.807) is 0 Å². The summed E-state index contributed by atoms with van der Waals surface area (Å²) in [5, 5.41) is 4.39. The van der Waals surface area contributed by atoms with Crippen LogP contribution in [-0.2, 0) is 5.75 Å². The lowest BCUT2D eigenvalue weighted by atomic mass is 10.2. The van der Waals surface area contributed by atoms with Crippen LogP contribution in [0.2, 0.25) is 0 Å². The molecule has 0 amide bonds. The van der Waals surface area contributed by atoms with Gasteiger partial charge in [-0.3, -0.25) is 0 Å². The van der Waals surface area contributed by atoms with E-state index in [1.165, 1.54) is 5.56 Å². The maximum atomic E-state index is 5.53. The van der Waals surface area contributed by atoms with Crippen molar-refractivity contribution in [1.82, 2.24) is 5.16 Å². The molecule has 1 atom stereocenters. The number of hydrogen-bond acceptors (Lipinski definition) is 4. The Morgan fingerprint density at radius 1 is 1.54 bits per heavy atom. The van der Waals surface area contributed by atoms with Crippen LogP contribution in [0.15, 0.2) is 4.52 Å². The van der Waals surface area contributed by atoms with Gasteiger partial charge in [-0.15, -0.1) is 0 Å². The fourth-order valence-electron chi connectivity index (χ4n) is 1.00. The summed E-state index contributed by atoms with van der Waals surface area (Å²) >= 11 is 1.84. The molecule has 13 heavy (non-hydrogen) atoms. The van der Waals surface area contributed by atoms with Crippen molar-refractivity contribution in [3.63, 3.8) is 0 Å². The van der Waals surface area contributed by atoms with Crippen molar-refractivity contribution in [2.24, 2.45) is 5.73 Å². The van der Waals surface area contributed by atoms with E-state index in [1.807, 2.05) is 25.6 Å². The SMILES string of the molecule is Cc1noc(C)c1CSC(C)CN. The Bertz CT molecular complexity index is 253. The van der Waals surface area contributed by atoms with Crippen LogP contribution in [0.4, 0.5) is 0 Å². The number of aryl methyl sites for hydroxylation is 2. The second-order valence-corrected chi connectivity index (χ2v) is 4.59. The highest BCUT2D eigenvalue weighted by Crippen LogP contribution is 2.21. The minimum absolute atomic E-state index is 0.494. The van der Waals surface area contributed by atoms with Crippen LogP contribution in [0.25, 0.3) is 0 Å². The monoisotopic (exact) mass is 200 g/mol. The first-order valence-electron chi connectivity index (χ1n) is 4.38. The normalized spacial score (nSPS) is 13.2. The third-order valence-corrected chi connectivity index (χ3v) is 3.24. The predicted octanol–water partition coefficient (Wildman–Crippen LogP) is 1.87. The zero-order valence-corrected chi connectivity index (χ0v) is 9.15. The van der Waals surface area contributed by atoms with Crippen molar-refractivity contribution in [3.8, 4) is 0 Å². The first kappa shape index (κ1) is 10.6. The van der Waals surface area contributed by atoms with Gasteiger partial charge in [-0.1, -0.05) is 12.1 Å². The Kier molecular flexibility index (Phi) is 3.81. The van der Waals surface area contributed by atoms with E-state index in [-0.39, 0.29) is 0 Å². The van der Waals surface area contributed by atoms with Gasteiger partial charge in [0, 0.05) is 23.1 Å². The smallest absolute Gasteiger partial charge is 0.137 e. The molecule has 2 N–H and O–H groups in total. The van der Waals surface area contributed by atoms with E-state index in [0.29, 0.717) is 11.8 Å². The highest BCUT2D eigenvalue weighted by Gasteiger charge is 2.10. The number of aromatic nitrogens is 1. The molecule has 1 aromatic heterocycles. The Balaban J connectivity index is 2.53. The second-order valence-electron chi connectivity index (χ2n) is 3.16. The molecule has 0 radical (unpaired) electrons. The van der Waals surface area contributed by atoms with Gasteiger partial charge in [0.1, 0.15) is 5.76 Å². The minimum Gasteiger partial charge on any atom is -0.361 e. The summed E-state index contributed by atoms with van der Waals surface area (Å²) in [5.41, 5.74) is 7.74. The number of thioether (sulfide) groups is 1. The quantitative estimate of drug-likeness (QED) is 0.806. The molecule has 0 bridgehead atoms. The summed E-state index contributed by atoms with van der Waals surface area (Å²) in [6, 6.07) is 0. The molecular weight excluding hydrogens is 184 g/mol. The van der Waals surface area contributed by atoms with Crippen LogP contribution in [0.3, 0.4) is 0 Å². The highest BCUT2D eigenvalue weighted by atomic mass is 32.2. The molecule has 0 fully saturated rings. The molecule has 0 saturated carbocycles. The van der Waals surface area contributed by atoms with Gasteiger partial charge in [0.05, 0.1) is 5.69 Å². The van der Waals surface area contributed by atoms with E-state index in [4.69, 9.17) is 10.3 Å². The van der Waals surface area contributed by atoms with Gasteiger partial charge in [0.15, 0.2) is 0 Å². The molecule has 0 aliphatic carbocycles. The third-order valence-electron chi connectivity index (χ3n) is 2.03. The van der Waals surface area contributed by atoms with Crippen LogP contribution >= 0.6 is 11.8 Å². The molecule has 4 heteroatoms. The van der Waals surface area contributed by atoms with Crippen LogP contribution in [-0.4, -0.2) is 17.0 Å². The average molecular weight is 200 g/mol. The van der Waals surface area contributed by atoms with Crippen molar-refractivity contribution >= 4 is 11.8 Å². The lowest BCUT2D eigenvalue weighted by Gasteiger charge is -2.06. The van der Waals surface area contributed by atoms with Gasteiger partial charge in [0.25, 0.3) is 0 Å². The van der Waals surface area contributed by atoms with E-state index >= 15 is 0 Å². The fourth-order valence-corrected chi connectivity index (χ4v) is 2.00. The first-order valence-corrected chi connectivity index (χ1v) is 5.43. The van der Waals surface area contributed by atoms with Crippen molar-refractivity contribution < 1.29 is 4.52 Å². The van der Waals surface area contributed by atoms with Crippen LogP contribution in [0.5, 0.6) is 0 Å². The van der Waals surface area contributed by atoms with Gasteiger partial charge >= 0.3 is 0 Å². The highest BCUT2D eigenvalue weighted by molar-refractivity contribution is 7.99. The van der Waals surface area contributed by atoms with Crippen molar-refractivity contribution in [2.45, 2.75) is 31.8 Å². The molecule has 0 aliphatic heterocycles. The Morgan fingerprint density at radius 3 is 2.69 bits per heavy atom. The summed E-state index contributed by atoms with van der Waals surface area (Å²) in [6.45, 7) is 6.76. The second kappa shape index (κ2) is 4.67. The zero-order chi connectivity index (χ0) is 9.84. The summed E-state index contributed by atoms with van der Waals surface area (Å²) < 4.78 is 5.07. The van der Waals surface area contributed by atoms with Crippen LogP contribution in [0.1, 0.15) is 23.9 Å². The minimum atomic E-state index is 0.494. The summed E-state index contributed by atoms with van der Waals surface area (Å²) in [6.07, 6.45) is 0.